The molecule has 1 heterocycles. The predicted octanol–water partition coefficient (Wildman–Crippen LogP) is 2.84. The van der Waals surface area contributed by atoms with Crippen molar-refractivity contribution in [1.82, 2.24) is 10.3 Å². The number of benzene rings is 1. The van der Waals surface area contributed by atoms with Crippen LogP contribution in [0.5, 0.6) is 0 Å². The van der Waals surface area contributed by atoms with Gasteiger partial charge in [0.1, 0.15) is 5.82 Å². The van der Waals surface area contributed by atoms with Gasteiger partial charge in [-0.05, 0) is 31.0 Å². The Morgan fingerprint density at radius 1 is 1.37 bits per heavy atom. The first kappa shape index (κ1) is 13.7. The molecule has 0 spiro atoms. The Hall–Kier alpha value is -1.75. The number of amides is 1. The van der Waals surface area contributed by atoms with Crippen molar-refractivity contribution >= 4 is 17.2 Å². The van der Waals surface area contributed by atoms with Crippen LogP contribution < -0.4 is 5.32 Å². The normalized spacial score (nSPS) is 10.4. The summed E-state index contributed by atoms with van der Waals surface area (Å²) >= 11 is 1.57. The average molecular weight is 278 g/mol. The van der Waals surface area contributed by atoms with Gasteiger partial charge in [0, 0.05) is 11.8 Å². The number of carbonyl (C=O) groups is 1. The predicted molar refractivity (Wildman–Crippen MR) is 73.4 cm³/mol. The van der Waals surface area contributed by atoms with E-state index >= 15 is 0 Å². The molecule has 100 valence electrons. The second-order valence-corrected chi connectivity index (χ2v) is 5.32. The maximum atomic E-state index is 12.7. The molecule has 0 aliphatic heterocycles. The van der Waals surface area contributed by atoms with Crippen LogP contribution in [0, 0.1) is 12.7 Å². The third-order valence-electron chi connectivity index (χ3n) is 2.69. The summed E-state index contributed by atoms with van der Waals surface area (Å²) in [5.41, 5.74) is 1.85. The zero-order valence-corrected chi connectivity index (χ0v) is 11.5. The Kier molecular flexibility index (Phi) is 4.63. The van der Waals surface area contributed by atoms with Crippen molar-refractivity contribution in [3.63, 3.8) is 0 Å². The Labute approximate surface area is 115 Å². The van der Waals surface area contributed by atoms with Crippen molar-refractivity contribution in [3.8, 4) is 0 Å². The van der Waals surface area contributed by atoms with Gasteiger partial charge in [-0.25, -0.2) is 9.37 Å². The van der Waals surface area contributed by atoms with E-state index in [0.29, 0.717) is 19.4 Å². The third kappa shape index (κ3) is 4.44. The van der Waals surface area contributed by atoms with E-state index in [2.05, 4.69) is 10.3 Å². The standard InChI is InChI=1S/C14H15FN2OS/c1-10-17-13(9-19-10)8-16-14(18)7-4-11-2-5-12(15)6-3-11/h2-3,5-6,9H,4,7-8H2,1H3,(H,16,18). The van der Waals surface area contributed by atoms with Crippen LogP contribution in [0.3, 0.4) is 0 Å². The van der Waals surface area contributed by atoms with Gasteiger partial charge in [0.05, 0.1) is 17.2 Å². The van der Waals surface area contributed by atoms with Crippen molar-refractivity contribution in [1.29, 1.82) is 0 Å². The molecule has 0 radical (unpaired) electrons. The highest BCUT2D eigenvalue weighted by atomic mass is 32.1. The fraction of sp³-hybridized carbons (Fsp3) is 0.286. The van der Waals surface area contributed by atoms with Crippen LogP contribution in [0.2, 0.25) is 0 Å². The van der Waals surface area contributed by atoms with E-state index in [1.807, 2.05) is 12.3 Å². The number of rotatable bonds is 5. The van der Waals surface area contributed by atoms with Crippen LogP contribution in [0.25, 0.3) is 0 Å². The Morgan fingerprint density at radius 2 is 2.11 bits per heavy atom. The molecule has 3 nitrogen and oxygen atoms in total. The van der Waals surface area contributed by atoms with Gasteiger partial charge < -0.3 is 5.32 Å². The number of aryl methyl sites for hydroxylation is 2. The van der Waals surface area contributed by atoms with E-state index in [4.69, 9.17) is 0 Å². The van der Waals surface area contributed by atoms with Crippen LogP contribution in [0.4, 0.5) is 4.39 Å². The van der Waals surface area contributed by atoms with Gasteiger partial charge in [-0.1, -0.05) is 12.1 Å². The summed E-state index contributed by atoms with van der Waals surface area (Å²) in [4.78, 5) is 15.9. The number of nitrogens with one attached hydrogen (secondary N) is 1. The van der Waals surface area contributed by atoms with Gasteiger partial charge in [0.2, 0.25) is 5.91 Å². The van der Waals surface area contributed by atoms with Gasteiger partial charge in [0.25, 0.3) is 0 Å². The van der Waals surface area contributed by atoms with E-state index in [-0.39, 0.29) is 11.7 Å². The molecule has 0 saturated carbocycles. The van der Waals surface area contributed by atoms with Crippen LogP contribution in [-0.4, -0.2) is 10.9 Å². The SMILES string of the molecule is Cc1nc(CNC(=O)CCc2ccc(F)cc2)cs1. The number of carbonyl (C=O) groups excluding carboxylic acids is 1. The molecule has 0 atom stereocenters. The molecule has 0 unspecified atom stereocenters. The minimum atomic E-state index is -0.257. The summed E-state index contributed by atoms with van der Waals surface area (Å²) in [5, 5.41) is 5.76. The number of hydrogen-bond acceptors (Lipinski definition) is 3. The first-order chi connectivity index (χ1) is 9.13. The Balaban J connectivity index is 1.74. The van der Waals surface area contributed by atoms with Crippen molar-refractivity contribution in [2.75, 3.05) is 0 Å². The van der Waals surface area contributed by atoms with Crippen LogP contribution >= 0.6 is 11.3 Å². The van der Waals surface area contributed by atoms with Crippen LogP contribution in [0.15, 0.2) is 29.6 Å². The number of halogens is 1. The lowest BCUT2D eigenvalue weighted by atomic mass is 10.1. The monoisotopic (exact) mass is 278 g/mol. The van der Waals surface area contributed by atoms with Crippen molar-refractivity contribution in [2.24, 2.45) is 0 Å². The maximum Gasteiger partial charge on any atom is 0.220 e. The van der Waals surface area contributed by atoms with E-state index < -0.39 is 0 Å². The van der Waals surface area contributed by atoms with E-state index in [1.165, 1.54) is 12.1 Å². The summed E-state index contributed by atoms with van der Waals surface area (Å²) in [5.74, 6) is -0.276. The lowest BCUT2D eigenvalue weighted by Crippen LogP contribution is -2.23. The summed E-state index contributed by atoms with van der Waals surface area (Å²) in [6.07, 6.45) is 1.01. The quantitative estimate of drug-likeness (QED) is 0.913. The van der Waals surface area contributed by atoms with Crippen molar-refractivity contribution in [2.45, 2.75) is 26.3 Å². The van der Waals surface area contributed by atoms with Crippen molar-refractivity contribution < 1.29 is 9.18 Å². The molecule has 0 bridgehead atoms. The number of nitrogens with zero attached hydrogens (tertiary/aromatic N) is 1. The Morgan fingerprint density at radius 3 is 2.74 bits per heavy atom. The molecule has 1 amide bonds. The van der Waals surface area contributed by atoms with Gasteiger partial charge >= 0.3 is 0 Å². The molecular formula is C14H15FN2OS. The molecule has 1 N–H and O–H groups in total. The van der Waals surface area contributed by atoms with Crippen LogP contribution in [-0.2, 0) is 17.8 Å². The summed E-state index contributed by atoms with van der Waals surface area (Å²) in [6, 6.07) is 6.22. The van der Waals surface area contributed by atoms with E-state index in [9.17, 15) is 9.18 Å². The number of aromatic nitrogens is 1. The number of thiazole rings is 1. The molecule has 19 heavy (non-hydrogen) atoms. The molecule has 5 heteroatoms. The summed E-state index contributed by atoms with van der Waals surface area (Å²) in [6.45, 7) is 2.40. The fourth-order valence-electron chi connectivity index (χ4n) is 1.68. The summed E-state index contributed by atoms with van der Waals surface area (Å²) < 4.78 is 12.7. The lowest BCUT2D eigenvalue weighted by Gasteiger charge is -2.03. The molecule has 0 aliphatic rings. The molecule has 2 aromatic rings. The zero-order chi connectivity index (χ0) is 13.7. The zero-order valence-electron chi connectivity index (χ0n) is 10.6. The smallest absolute Gasteiger partial charge is 0.220 e. The first-order valence-corrected chi connectivity index (χ1v) is 6.93. The van der Waals surface area contributed by atoms with Crippen LogP contribution in [0.1, 0.15) is 22.7 Å². The van der Waals surface area contributed by atoms with Gasteiger partial charge in [-0.15, -0.1) is 11.3 Å². The summed E-state index contributed by atoms with van der Waals surface area (Å²) in [7, 11) is 0. The molecule has 2 rings (SSSR count). The molecule has 0 saturated heterocycles. The maximum absolute atomic E-state index is 12.7. The highest BCUT2D eigenvalue weighted by Crippen LogP contribution is 2.08. The lowest BCUT2D eigenvalue weighted by molar-refractivity contribution is -0.121. The van der Waals surface area contributed by atoms with Gasteiger partial charge in [-0.3, -0.25) is 4.79 Å². The molecule has 1 aromatic heterocycles. The first-order valence-electron chi connectivity index (χ1n) is 6.05. The van der Waals surface area contributed by atoms with Crippen molar-refractivity contribution in [3.05, 3.63) is 51.7 Å². The molecule has 0 aliphatic carbocycles. The third-order valence-corrected chi connectivity index (χ3v) is 3.51. The Bertz CT molecular complexity index is 551. The van der Waals surface area contributed by atoms with E-state index in [0.717, 1.165) is 16.3 Å². The largest absolute Gasteiger partial charge is 0.350 e. The topological polar surface area (TPSA) is 42.0 Å². The second kappa shape index (κ2) is 6.43. The fourth-order valence-corrected chi connectivity index (χ4v) is 2.29. The minimum Gasteiger partial charge on any atom is -0.350 e. The molecule has 1 aromatic carbocycles. The average Bonchev–Trinajstić information content (AvgIpc) is 2.81. The second-order valence-electron chi connectivity index (χ2n) is 4.26. The number of hydrogen-bond donors (Lipinski definition) is 1. The van der Waals surface area contributed by atoms with E-state index in [1.54, 1.807) is 23.5 Å². The molecular weight excluding hydrogens is 263 g/mol. The highest BCUT2D eigenvalue weighted by Gasteiger charge is 2.04. The van der Waals surface area contributed by atoms with Gasteiger partial charge in [0.15, 0.2) is 0 Å². The highest BCUT2D eigenvalue weighted by molar-refractivity contribution is 7.09. The van der Waals surface area contributed by atoms with Gasteiger partial charge in [-0.2, -0.15) is 0 Å². The molecule has 0 fully saturated rings. The minimum absolute atomic E-state index is 0.0185.